The van der Waals surface area contributed by atoms with Crippen LogP contribution in [0.3, 0.4) is 0 Å². The first-order valence-electron chi connectivity index (χ1n) is 6.02. The fraction of sp³-hybridized carbons (Fsp3) is 0.545. The molecule has 1 atom stereocenters. The molecule has 112 valence electrons. The number of nitrogens with two attached hydrogens (primary N) is 2. The molecule has 1 aromatic heterocycles. The molecule has 0 saturated heterocycles. The molecule has 0 aliphatic carbocycles. The average Bonchev–Trinajstić information content (AvgIpc) is 2.69. The van der Waals surface area contributed by atoms with E-state index in [1.54, 1.807) is 14.0 Å². The van der Waals surface area contributed by atoms with Crippen molar-refractivity contribution >= 4 is 34.1 Å². The van der Waals surface area contributed by atoms with E-state index in [2.05, 4.69) is 15.6 Å². The van der Waals surface area contributed by atoms with Gasteiger partial charge in [-0.05, 0) is 6.92 Å². The Morgan fingerprint density at radius 3 is 2.80 bits per heavy atom. The summed E-state index contributed by atoms with van der Waals surface area (Å²) in [6.45, 7) is 2.79. The number of primary amides is 1. The highest BCUT2D eigenvalue weighted by molar-refractivity contribution is 7.18. The number of hydrogen-bond acceptors (Lipinski definition) is 7. The van der Waals surface area contributed by atoms with Crippen LogP contribution in [-0.2, 0) is 9.53 Å². The Balaban J connectivity index is 2.61. The lowest BCUT2D eigenvalue weighted by Gasteiger charge is -2.10. The third-order valence-electron chi connectivity index (χ3n) is 2.33. The summed E-state index contributed by atoms with van der Waals surface area (Å²) < 4.78 is 4.90. The van der Waals surface area contributed by atoms with Crippen LogP contribution in [0, 0.1) is 0 Å². The Morgan fingerprint density at radius 2 is 2.20 bits per heavy atom. The van der Waals surface area contributed by atoms with Crippen LogP contribution in [-0.4, -0.2) is 43.1 Å². The number of amides is 2. The van der Waals surface area contributed by atoms with Crippen molar-refractivity contribution in [3.8, 4) is 0 Å². The van der Waals surface area contributed by atoms with Gasteiger partial charge in [0.15, 0.2) is 5.13 Å². The van der Waals surface area contributed by atoms with Gasteiger partial charge < -0.3 is 26.8 Å². The maximum atomic E-state index is 12.0. The van der Waals surface area contributed by atoms with E-state index in [9.17, 15) is 9.59 Å². The van der Waals surface area contributed by atoms with Crippen LogP contribution in [0.5, 0.6) is 0 Å². The largest absolute Gasteiger partial charge is 0.383 e. The fourth-order valence-corrected chi connectivity index (χ4v) is 2.29. The Bertz CT molecular complexity index is 477. The quantitative estimate of drug-likeness (QED) is 0.491. The summed E-state index contributed by atoms with van der Waals surface area (Å²) in [6.07, 6.45) is 0.0728. The minimum atomic E-state index is -0.475. The topological polar surface area (TPSA) is 132 Å². The van der Waals surface area contributed by atoms with E-state index in [-0.39, 0.29) is 24.2 Å². The first kappa shape index (κ1) is 16.2. The van der Waals surface area contributed by atoms with E-state index in [0.29, 0.717) is 23.2 Å². The van der Waals surface area contributed by atoms with Crippen molar-refractivity contribution < 1.29 is 14.3 Å². The first-order valence-corrected chi connectivity index (χ1v) is 6.84. The summed E-state index contributed by atoms with van der Waals surface area (Å²) in [5, 5.41) is 6.19. The number of methoxy groups -OCH3 is 1. The molecule has 0 spiro atoms. The van der Waals surface area contributed by atoms with Crippen molar-refractivity contribution in [1.29, 1.82) is 0 Å². The molecule has 2 amide bonds. The molecule has 9 heteroatoms. The van der Waals surface area contributed by atoms with Gasteiger partial charge >= 0.3 is 0 Å². The minimum absolute atomic E-state index is 0.0728. The highest BCUT2D eigenvalue weighted by Gasteiger charge is 2.18. The third-order valence-corrected chi connectivity index (χ3v) is 3.35. The molecule has 6 N–H and O–H groups in total. The van der Waals surface area contributed by atoms with Crippen LogP contribution >= 0.6 is 11.3 Å². The second kappa shape index (κ2) is 7.65. The van der Waals surface area contributed by atoms with Crippen LogP contribution in [0.4, 0.5) is 10.9 Å². The van der Waals surface area contributed by atoms with Crippen LogP contribution < -0.4 is 22.1 Å². The lowest BCUT2D eigenvalue weighted by Crippen LogP contribution is -2.35. The molecule has 1 aromatic rings. The van der Waals surface area contributed by atoms with Crippen molar-refractivity contribution in [1.82, 2.24) is 10.3 Å². The molecule has 20 heavy (non-hydrogen) atoms. The van der Waals surface area contributed by atoms with Crippen LogP contribution in [0.15, 0.2) is 0 Å². The standard InChI is InChI=1S/C11H19N5O3S/c1-6(5-7(12)17)15-10(18)8-9(13)16-11(20-8)14-3-4-19-2/h6H,3-5,13H2,1-2H3,(H2,12,17)(H,14,16)(H,15,18). The molecule has 0 saturated carbocycles. The van der Waals surface area contributed by atoms with Gasteiger partial charge in [0.1, 0.15) is 10.7 Å². The number of carbonyl (C=O) groups excluding carboxylic acids is 2. The van der Waals surface area contributed by atoms with Gasteiger partial charge in [-0.3, -0.25) is 9.59 Å². The van der Waals surface area contributed by atoms with Crippen molar-refractivity contribution in [2.24, 2.45) is 5.73 Å². The molecule has 1 rings (SSSR count). The van der Waals surface area contributed by atoms with Gasteiger partial charge in [-0.2, -0.15) is 0 Å². The molecule has 8 nitrogen and oxygen atoms in total. The van der Waals surface area contributed by atoms with Gasteiger partial charge in [0.05, 0.1) is 6.61 Å². The average molecular weight is 301 g/mol. The van der Waals surface area contributed by atoms with E-state index in [0.717, 1.165) is 11.3 Å². The van der Waals surface area contributed by atoms with Gasteiger partial charge in [0, 0.05) is 26.1 Å². The molecule has 0 aliphatic rings. The Hall–Kier alpha value is -1.87. The summed E-state index contributed by atoms with van der Waals surface area (Å²) in [4.78, 5) is 27.1. The summed E-state index contributed by atoms with van der Waals surface area (Å²) in [5.74, 6) is -0.691. The number of ether oxygens (including phenoxy) is 1. The van der Waals surface area contributed by atoms with Crippen molar-refractivity contribution in [3.63, 3.8) is 0 Å². The molecular formula is C11H19N5O3S. The molecular weight excluding hydrogens is 282 g/mol. The number of hydrogen-bond donors (Lipinski definition) is 4. The van der Waals surface area contributed by atoms with Crippen LogP contribution in [0.1, 0.15) is 23.0 Å². The van der Waals surface area contributed by atoms with Gasteiger partial charge in [-0.1, -0.05) is 11.3 Å². The molecule has 1 heterocycles. The summed E-state index contributed by atoms with van der Waals surface area (Å²) in [7, 11) is 1.59. The zero-order valence-electron chi connectivity index (χ0n) is 11.4. The van der Waals surface area contributed by atoms with E-state index in [1.165, 1.54) is 0 Å². The maximum absolute atomic E-state index is 12.0. The van der Waals surface area contributed by atoms with Crippen molar-refractivity contribution in [2.45, 2.75) is 19.4 Å². The molecule has 1 unspecified atom stereocenters. The SMILES string of the molecule is COCCNc1nc(N)c(C(=O)NC(C)CC(N)=O)s1. The number of nitrogens with zero attached hydrogens (tertiary/aromatic N) is 1. The van der Waals surface area contributed by atoms with Crippen LogP contribution in [0.2, 0.25) is 0 Å². The van der Waals surface area contributed by atoms with E-state index >= 15 is 0 Å². The van der Waals surface area contributed by atoms with Crippen LogP contribution in [0.25, 0.3) is 0 Å². The molecule has 0 fully saturated rings. The summed E-state index contributed by atoms with van der Waals surface area (Å²) in [5.41, 5.74) is 10.8. The van der Waals surface area contributed by atoms with Gasteiger partial charge in [-0.15, -0.1) is 0 Å². The van der Waals surface area contributed by atoms with E-state index in [1.807, 2.05) is 0 Å². The zero-order chi connectivity index (χ0) is 15.1. The third kappa shape index (κ3) is 5.02. The highest BCUT2D eigenvalue weighted by Crippen LogP contribution is 2.24. The Morgan fingerprint density at radius 1 is 1.50 bits per heavy atom. The summed E-state index contributed by atoms with van der Waals surface area (Å²) >= 11 is 1.15. The summed E-state index contributed by atoms with van der Waals surface area (Å²) in [6, 6.07) is -0.355. The zero-order valence-corrected chi connectivity index (χ0v) is 12.3. The number of carbonyl (C=O) groups is 2. The molecule has 0 aliphatic heterocycles. The number of aromatic nitrogens is 1. The lowest BCUT2D eigenvalue weighted by atomic mass is 10.2. The number of rotatable bonds is 8. The normalized spacial score (nSPS) is 11.9. The number of nitrogen functional groups attached to an aromatic ring is 1. The monoisotopic (exact) mass is 301 g/mol. The molecule has 0 radical (unpaired) electrons. The van der Waals surface area contributed by atoms with Gasteiger partial charge in [0.2, 0.25) is 5.91 Å². The Labute approximate surface area is 120 Å². The predicted molar refractivity (Wildman–Crippen MR) is 77.6 cm³/mol. The second-order valence-corrected chi connectivity index (χ2v) is 5.20. The fourth-order valence-electron chi connectivity index (χ4n) is 1.47. The van der Waals surface area contributed by atoms with Crippen molar-refractivity contribution in [3.05, 3.63) is 4.88 Å². The smallest absolute Gasteiger partial charge is 0.265 e. The number of nitrogens with one attached hydrogen (secondary N) is 2. The second-order valence-electron chi connectivity index (χ2n) is 4.20. The number of anilines is 2. The van der Waals surface area contributed by atoms with Crippen molar-refractivity contribution in [2.75, 3.05) is 31.3 Å². The predicted octanol–water partition coefficient (Wildman–Crippen LogP) is -0.223. The number of thiazole rings is 1. The Kier molecular flexibility index (Phi) is 6.19. The highest BCUT2D eigenvalue weighted by atomic mass is 32.1. The van der Waals surface area contributed by atoms with E-state index < -0.39 is 5.91 Å². The molecule has 0 bridgehead atoms. The lowest BCUT2D eigenvalue weighted by molar-refractivity contribution is -0.118. The van der Waals surface area contributed by atoms with Gasteiger partial charge in [0.25, 0.3) is 5.91 Å². The first-order chi connectivity index (χ1) is 9.43. The van der Waals surface area contributed by atoms with Gasteiger partial charge in [-0.25, -0.2) is 4.98 Å². The minimum Gasteiger partial charge on any atom is -0.383 e. The van der Waals surface area contributed by atoms with E-state index in [4.69, 9.17) is 16.2 Å². The molecule has 0 aromatic carbocycles. The maximum Gasteiger partial charge on any atom is 0.265 e.